The van der Waals surface area contributed by atoms with Crippen molar-refractivity contribution in [1.29, 1.82) is 0 Å². The number of carboxylic acids is 1. The summed E-state index contributed by atoms with van der Waals surface area (Å²) in [5, 5.41) is 12.7. The van der Waals surface area contributed by atoms with Gasteiger partial charge in [0.05, 0.1) is 36.7 Å². The van der Waals surface area contributed by atoms with Crippen molar-refractivity contribution in [1.82, 2.24) is 4.90 Å². The zero-order valence-electron chi connectivity index (χ0n) is 29.6. The number of anilines is 1. The van der Waals surface area contributed by atoms with E-state index in [1.54, 1.807) is 6.07 Å². The number of aliphatic imine (C=N–C) groups is 1. The highest BCUT2D eigenvalue weighted by molar-refractivity contribution is 5.91. The molecule has 49 heavy (non-hydrogen) atoms. The number of carbonyl (C=O) groups excluding carboxylic acids is 2. The Balaban J connectivity index is 0.000000555. The Labute approximate surface area is 291 Å². The summed E-state index contributed by atoms with van der Waals surface area (Å²) in [5.41, 5.74) is 5.35. The lowest BCUT2D eigenvalue weighted by atomic mass is 9.94. The van der Waals surface area contributed by atoms with Crippen LogP contribution in [0.25, 0.3) is 0 Å². The zero-order valence-corrected chi connectivity index (χ0v) is 29.6. The predicted molar refractivity (Wildman–Crippen MR) is 194 cm³/mol. The van der Waals surface area contributed by atoms with Crippen molar-refractivity contribution in [3.05, 3.63) is 94.5 Å². The minimum Gasteiger partial charge on any atom is -0.478 e. The number of ether oxygens (including phenoxy) is 2. The fourth-order valence-electron chi connectivity index (χ4n) is 5.96. The molecule has 1 aliphatic rings. The molecular formula is C40H53N3O6. The molecule has 0 heterocycles. The first-order chi connectivity index (χ1) is 23.7. The van der Waals surface area contributed by atoms with Crippen LogP contribution in [0.4, 0.5) is 16.2 Å². The Hall–Kier alpha value is -4.30. The van der Waals surface area contributed by atoms with Crippen molar-refractivity contribution >= 4 is 29.5 Å². The monoisotopic (exact) mass is 671 g/mol. The molecule has 1 fully saturated rings. The zero-order chi connectivity index (χ0) is 35.4. The molecule has 0 saturated heterocycles. The van der Waals surface area contributed by atoms with Gasteiger partial charge in [-0.1, -0.05) is 87.2 Å². The van der Waals surface area contributed by atoms with Crippen LogP contribution >= 0.6 is 0 Å². The number of para-hydroxylation sites is 2. The van der Waals surface area contributed by atoms with Crippen LogP contribution in [-0.2, 0) is 20.9 Å². The topological polar surface area (TPSA) is 118 Å². The smallest absolute Gasteiger partial charge is 0.336 e. The molecule has 3 aromatic rings. The fourth-order valence-corrected chi connectivity index (χ4v) is 5.96. The number of hydrogen-bond acceptors (Lipinski definition) is 6. The van der Waals surface area contributed by atoms with Gasteiger partial charge in [-0.2, -0.15) is 4.99 Å². The van der Waals surface area contributed by atoms with Gasteiger partial charge in [-0.25, -0.2) is 14.4 Å². The third kappa shape index (κ3) is 13.6. The van der Waals surface area contributed by atoms with Gasteiger partial charge >= 0.3 is 12.0 Å². The Morgan fingerprint density at radius 3 is 2.22 bits per heavy atom. The Morgan fingerprint density at radius 2 is 1.53 bits per heavy atom. The van der Waals surface area contributed by atoms with Crippen LogP contribution in [0, 0.1) is 20.8 Å². The van der Waals surface area contributed by atoms with Gasteiger partial charge in [-0.3, -0.25) is 0 Å². The lowest BCUT2D eigenvalue weighted by Crippen LogP contribution is -2.39. The Kier molecular flexibility index (Phi) is 17.3. The Bertz CT molecular complexity index is 1520. The SMILES string of the molecule is CCCCCCCN(CCO[C@@H]1CCC[C@H](OCc2cccc(C)c2C(=O)O)C1)C(=O)Nc1ccccc1C.Cc1ccccc1N=C=O. The van der Waals surface area contributed by atoms with E-state index in [0.717, 1.165) is 60.9 Å². The van der Waals surface area contributed by atoms with Gasteiger partial charge in [0, 0.05) is 18.8 Å². The van der Waals surface area contributed by atoms with Crippen LogP contribution in [0.1, 0.15) is 97.3 Å². The summed E-state index contributed by atoms with van der Waals surface area (Å²) in [6.45, 7) is 9.93. The van der Waals surface area contributed by atoms with Crippen molar-refractivity contribution < 1.29 is 29.0 Å². The van der Waals surface area contributed by atoms with Gasteiger partial charge in [0.15, 0.2) is 0 Å². The number of benzene rings is 3. The number of amides is 2. The summed E-state index contributed by atoms with van der Waals surface area (Å²) in [7, 11) is 0. The number of hydrogen-bond donors (Lipinski definition) is 2. The fraction of sp³-hybridized carbons (Fsp3) is 0.475. The molecule has 2 N–H and O–H groups in total. The van der Waals surface area contributed by atoms with Gasteiger partial charge in [0.25, 0.3) is 0 Å². The number of carboxylic acid groups (broad SMARTS) is 1. The average molecular weight is 672 g/mol. The van der Waals surface area contributed by atoms with E-state index >= 15 is 0 Å². The van der Waals surface area contributed by atoms with Crippen molar-refractivity contribution in [2.45, 2.75) is 104 Å². The molecule has 1 saturated carbocycles. The van der Waals surface area contributed by atoms with Gasteiger partial charge in [-0.15, -0.1) is 0 Å². The molecule has 0 radical (unpaired) electrons. The number of rotatable bonds is 16. The maximum absolute atomic E-state index is 13.1. The molecule has 2 amide bonds. The van der Waals surface area contributed by atoms with E-state index in [0.29, 0.717) is 36.5 Å². The van der Waals surface area contributed by atoms with E-state index in [4.69, 9.17) is 9.47 Å². The minimum absolute atomic E-state index is 0.0323. The quantitative estimate of drug-likeness (QED) is 0.0890. The second-order valence-corrected chi connectivity index (χ2v) is 12.6. The molecule has 3 aromatic carbocycles. The molecular weight excluding hydrogens is 618 g/mol. The average Bonchev–Trinajstić information content (AvgIpc) is 3.09. The van der Waals surface area contributed by atoms with Crippen LogP contribution in [-0.4, -0.2) is 60.0 Å². The number of nitrogens with zero attached hydrogens (tertiary/aromatic N) is 2. The normalized spacial score (nSPS) is 15.3. The molecule has 0 bridgehead atoms. The van der Waals surface area contributed by atoms with Crippen LogP contribution in [0.15, 0.2) is 71.7 Å². The lowest BCUT2D eigenvalue weighted by molar-refractivity contribution is -0.0523. The molecule has 0 spiro atoms. The third-order valence-corrected chi connectivity index (χ3v) is 8.83. The van der Waals surface area contributed by atoms with Crippen LogP contribution in [0.2, 0.25) is 0 Å². The number of unbranched alkanes of at least 4 members (excludes halogenated alkanes) is 4. The maximum Gasteiger partial charge on any atom is 0.336 e. The molecule has 264 valence electrons. The number of urea groups is 1. The summed E-state index contributed by atoms with van der Waals surface area (Å²) >= 11 is 0. The predicted octanol–water partition coefficient (Wildman–Crippen LogP) is 9.31. The largest absolute Gasteiger partial charge is 0.478 e. The van der Waals surface area contributed by atoms with E-state index in [1.165, 1.54) is 25.3 Å². The van der Waals surface area contributed by atoms with Crippen LogP contribution < -0.4 is 5.32 Å². The molecule has 0 aromatic heterocycles. The van der Waals surface area contributed by atoms with Crippen molar-refractivity contribution in [2.24, 2.45) is 4.99 Å². The third-order valence-electron chi connectivity index (χ3n) is 8.83. The highest BCUT2D eigenvalue weighted by Gasteiger charge is 2.25. The summed E-state index contributed by atoms with van der Waals surface area (Å²) < 4.78 is 12.4. The first kappa shape index (κ1) is 39.1. The van der Waals surface area contributed by atoms with Crippen LogP contribution in [0.3, 0.4) is 0 Å². The van der Waals surface area contributed by atoms with Crippen molar-refractivity contribution in [3.8, 4) is 0 Å². The van der Waals surface area contributed by atoms with E-state index < -0.39 is 5.97 Å². The standard InChI is InChI=1S/C32H46N2O5.C8H7NO/c1-4-5-6-7-10-19-34(32(37)33-29-18-9-8-13-24(29)2)20-21-38-27-16-12-17-28(22-27)39-23-26-15-11-14-25(3)30(26)31(35)36;1-7-4-2-3-5-8(7)9-6-10/h8-9,11,13-15,18,27-28H,4-7,10,12,16-17,19-23H2,1-3H3,(H,33,37)(H,35,36);2-5H,1H3/t27-,28+;/m1./s1. The summed E-state index contributed by atoms with van der Waals surface area (Å²) in [4.78, 5) is 40.0. The lowest BCUT2D eigenvalue weighted by Gasteiger charge is -2.30. The second kappa shape index (κ2) is 21.6. The molecule has 9 heteroatoms. The first-order valence-electron chi connectivity index (χ1n) is 17.5. The van der Waals surface area contributed by atoms with Crippen LogP contribution in [0.5, 0.6) is 0 Å². The number of carbonyl (C=O) groups is 2. The van der Waals surface area contributed by atoms with Gasteiger partial charge in [0.1, 0.15) is 0 Å². The summed E-state index contributed by atoms with van der Waals surface area (Å²) in [5.74, 6) is -0.919. The molecule has 0 unspecified atom stereocenters. The van der Waals surface area contributed by atoms with E-state index in [9.17, 15) is 19.5 Å². The summed E-state index contributed by atoms with van der Waals surface area (Å²) in [6, 6.07) is 20.7. The number of aromatic carboxylic acids is 1. The van der Waals surface area contributed by atoms with Crippen molar-refractivity contribution in [3.63, 3.8) is 0 Å². The van der Waals surface area contributed by atoms with E-state index in [-0.39, 0.29) is 24.8 Å². The first-order valence-corrected chi connectivity index (χ1v) is 17.5. The molecule has 1 aliphatic carbocycles. The number of aryl methyl sites for hydroxylation is 3. The molecule has 4 rings (SSSR count). The number of nitrogens with one attached hydrogen (secondary N) is 1. The minimum atomic E-state index is -0.919. The second-order valence-electron chi connectivity index (χ2n) is 12.6. The van der Waals surface area contributed by atoms with Crippen molar-refractivity contribution in [2.75, 3.05) is 25.0 Å². The highest BCUT2D eigenvalue weighted by Crippen LogP contribution is 2.26. The molecule has 0 aliphatic heterocycles. The highest BCUT2D eigenvalue weighted by atomic mass is 16.5. The number of isocyanates is 1. The Morgan fingerprint density at radius 1 is 0.857 bits per heavy atom. The molecule has 2 atom stereocenters. The summed E-state index contributed by atoms with van der Waals surface area (Å²) in [6.07, 6.45) is 11.0. The van der Waals surface area contributed by atoms with E-state index in [1.807, 2.05) is 86.3 Å². The van der Waals surface area contributed by atoms with Gasteiger partial charge in [-0.05, 0) is 87.3 Å². The van der Waals surface area contributed by atoms with Gasteiger partial charge in [0.2, 0.25) is 6.08 Å². The van der Waals surface area contributed by atoms with E-state index in [2.05, 4.69) is 17.2 Å². The maximum atomic E-state index is 13.1. The molecule has 9 nitrogen and oxygen atoms in total. The van der Waals surface area contributed by atoms with Gasteiger partial charge < -0.3 is 24.8 Å².